The SMILES string of the molecule is CC1=C(CN2C=CC2)CCc2cc(OCCCc3ccc(Cl)cc3)ccc21. The van der Waals surface area contributed by atoms with E-state index in [0.29, 0.717) is 0 Å². The summed E-state index contributed by atoms with van der Waals surface area (Å²) in [6.07, 6.45) is 8.69. The Labute approximate surface area is 167 Å². The summed E-state index contributed by atoms with van der Waals surface area (Å²) in [5, 5.41) is 0.790. The number of ether oxygens (including phenoxy) is 1. The van der Waals surface area contributed by atoms with Crippen molar-refractivity contribution in [1.82, 2.24) is 4.90 Å². The Bertz CT molecular complexity index is 866. The Kier molecular flexibility index (Phi) is 5.54. The van der Waals surface area contributed by atoms with Crippen molar-refractivity contribution in [3.63, 3.8) is 0 Å². The number of hydrogen-bond donors (Lipinski definition) is 0. The Morgan fingerprint density at radius 3 is 2.63 bits per heavy atom. The van der Waals surface area contributed by atoms with E-state index in [1.165, 1.54) is 22.3 Å². The fraction of sp³-hybridized carbons (Fsp3) is 0.333. The lowest BCUT2D eigenvalue weighted by molar-refractivity contribution is 0.310. The number of nitrogens with zero attached hydrogens (tertiary/aromatic N) is 1. The van der Waals surface area contributed by atoms with E-state index in [0.717, 1.165) is 56.2 Å². The molecule has 0 N–H and O–H groups in total. The molecule has 0 amide bonds. The van der Waals surface area contributed by atoms with Gasteiger partial charge in [-0.25, -0.2) is 0 Å². The van der Waals surface area contributed by atoms with Crippen molar-refractivity contribution >= 4 is 17.2 Å². The highest BCUT2D eigenvalue weighted by Gasteiger charge is 2.18. The largest absolute Gasteiger partial charge is 0.494 e. The van der Waals surface area contributed by atoms with Gasteiger partial charge in [0.2, 0.25) is 0 Å². The molecule has 140 valence electrons. The van der Waals surface area contributed by atoms with Gasteiger partial charge in [-0.1, -0.05) is 29.8 Å². The fourth-order valence-electron chi connectivity index (χ4n) is 3.83. The number of fused-ring (bicyclic) bond motifs is 1. The zero-order valence-corrected chi connectivity index (χ0v) is 16.6. The van der Waals surface area contributed by atoms with Gasteiger partial charge in [-0.2, -0.15) is 0 Å². The second-order valence-corrected chi connectivity index (χ2v) is 7.88. The van der Waals surface area contributed by atoms with Crippen LogP contribution in [0.3, 0.4) is 0 Å². The van der Waals surface area contributed by atoms with Crippen LogP contribution < -0.4 is 4.74 Å². The molecule has 4 rings (SSSR count). The molecule has 0 saturated heterocycles. The topological polar surface area (TPSA) is 12.5 Å². The number of rotatable bonds is 7. The van der Waals surface area contributed by atoms with E-state index < -0.39 is 0 Å². The van der Waals surface area contributed by atoms with Gasteiger partial charge in [-0.3, -0.25) is 0 Å². The molecule has 0 bridgehead atoms. The van der Waals surface area contributed by atoms with Crippen LogP contribution in [-0.2, 0) is 12.8 Å². The maximum absolute atomic E-state index is 6.01. The van der Waals surface area contributed by atoms with Crippen LogP contribution in [0.15, 0.2) is 60.3 Å². The maximum Gasteiger partial charge on any atom is 0.119 e. The lowest BCUT2D eigenvalue weighted by Gasteiger charge is -2.30. The van der Waals surface area contributed by atoms with Crippen LogP contribution in [0.4, 0.5) is 0 Å². The summed E-state index contributed by atoms with van der Waals surface area (Å²) >= 11 is 5.93. The lowest BCUT2D eigenvalue weighted by atomic mass is 9.86. The molecular formula is C24H26ClNO. The number of aryl methyl sites for hydroxylation is 2. The zero-order valence-electron chi connectivity index (χ0n) is 15.9. The molecule has 1 aliphatic heterocycles. The normalized spacial score (nSPS) is 15.6. The van der Waals surface area contributed by atoms with Crippen molar-refractivity contribution in [2.45, 2.75) is 32.6 Å². The van der Waals surface area contributed by atoms with Gasteiger partial charge in [0.15, 0.2) is 0 Å². The van der Waals surface area contributed by atoms with Gasteiger partial charge in [-0.05, 0) is 97.0 Å². The molecule has 0 saturated carbocycles. The summed E-state index contributed by atoms with van der Waals surface area (Å²) in [4.78, 5) is 2.38. The monoisotopic (exact) mass is 379 g/mol. The third-order valence-corrected chi connectivity index (χ3v) is 5.80. The quantitative estimate of drug-likeness (QED) is 0.555. The van der Waals surface area contributed by atoms with Crippen molar-refractivity contribution in [1.29, 1.82) is 0 Å². The van der Waals surface area contributed by atoms with Crippen molar-refractivity contribution in [2.24, 2.45) is 0 Å². The van der Waals surface area contributed by atoms with E-state index >= 15 is 0 Å². The summed E-state index contributed by atoms with van der Waals surface area (Å²) in [6, 6.07) is 14.7. The van der Waals surface area contributed by atoms with Crippen LogP contribution in [0.5, 0.6) is 5.75 Å². The van der Waals surface area contributed by atoms with Crippen LogP contribution >= 0.6 is 11.6 Å². The first kappa shape index (κ1) is 18.2. The van der Waals surface area contributed by atoms with Crippen LogP contribution in [0.2, 0.25) is 5.02 Å². The number of benzene rings is 2. The molecule has 0 atom stereocenters. The highest BCUT2D eigenvalue weighted by molar-refractivity contribution is 6.30. The first-order valence-corrected chi connectivity index (χ1v) is 10.2. The highest BCUT2D eigenvalue weighted by atomic mass is 35.5. The average Bonchev–Trinajstić information content (AvgIpc) is 2.65. The molecule has 0 radical (unpaired) electrons. The number of halogens is 1. The fourth-order valence-corrected chi connectivity index (χ4v) is 3.95. The van der Waals surface area contributed by atoms with Crippen LogP contribution in [0.1, 0.15) is 36.5 Å². The molecule has 1 aliphatic carbocycles. The van der Waals surface area contributed by atoms with Crippen LogP contribution in [0.25, 0.3) is 5.57 Å². The predicted octanol–water partition coefficient (Wildman–Crippen LogP) is 5.90. The van der Waals surface area contributed by atoms with Crippen molar-refractivity contribution in [3.8, 4) is 5.75 Å². The van der Waals surface area contributed by atoms with Crippen molar-refractivity contribution in [2.75, 3.05) is 19.7 Å². The molecule has 2 aromatic carbocycles. The number of hydrogen-bond acceptors (Lipinski definition) is 2. The van der Waals surface area contributed by atoms with E-state index in [4.69, 9.17) is 16.3 Å². The van der Waals surface area contributed by atoms with Gasteiger partial charge >= 0.3 is 0 Å². The highest BCUT2D eigenvalue weighted by Crippen LogP contribution is 2.34. The molecule has 2 aromatic rings. The molecule has 1 heterocycles. The third-order valence-electron chi connectivity index (χ3n) is 5.55. The Hall–Kier alpha value is -2.19. The second kappa shape index (κ2) is 8.22. The number of allylic oxidation sites excluding steroid dienone is 1. The molecule has 27 heavy (non-hydrogen) atoms. The first-order chi connectivity index (χ1) is 13.2. The molecule has 3 heteroatoms. The minimum absolute atomic E-state index is 0.739. The molecule has 0 unspecified atom stereocenters. The minimum Gasteiger partial charge on any atom is -0.494 e. The van der Waals surface area contributed by atoms with E-state index in [1.807, 2.05) is 12.1 Å². The first-order valence-electron chi connectivity index (χ1n) is 9.79. The molecule has 0 spiro atoms. The van der Waals surface area contributed by atoms with Gasteiger partial charge in [0.1, 0.15) is 5.75 Å². The van der Waals surface area contributed by atoms with E-state index in [9.17, 15) is 0 Å². The van der Waals surface area contributed by atoms with Crippen LogP contribution in [0, 0.1) is 0 Å². The third kappa shape index (κ3) is 4.39. The lowest BCUT2D eigenvalue weighted by Crippen LogP contribution is -2.27. The van der Waals surface area contributed by atoms with Gasteiger partial charge in [0, 0.05) is 18.1 Å². The Morgan fingerprint density at radius 2 is 1.89 bits per heavy atom. The summed E-state index contributed by atoms with van der Waals surface area (Å²) in [5.41, 5.74) is 7.15. The summed E-state index contributed by atoms with van der Waals surface area (Å²) in [7, 11) is 0. The summed E-state index contributed by atoms with van der Waals surface area (Å²) in [5.74, 6) is 0.992. The van der Waals surface area contributed by atoms with E-state index in [-0.39, 0.29) is 0 Å². The zero-order chi connectivity index (χ0) is 18.6. The van der Waals surface area contributed by atoms with Crippen LogP contribution in [-0.4, -0.2) is 24.6 Å². The standard InChI is InChI=1S/C24H26ClNO/c1-18-21(17-26-13-3-14-26)8-7-20-16-23(11-12-24(18)20)27-15-2-4-19-5-9-22(25)10-6-19/h3,5-6,9-13,16H,2,4,7-8,14-15,17H2,1H3. The van der Waals surface area contributed by atoms with Gasteiger partial charge in [0.25, 0.3) is 0 Å². The Balaban J connectivity index is 1.33. The van der Waals surface area contributed by atoms with E-state index in [1.54, 1.807) is 5.57 Å². The second-order valence-electron chi connectivity index (χ2n) is 7.44. The maximum atomic E-state index is 6.01. The molecule has 2 nitrogen and oxygen atoms in total. The van der Waals surface area contributed by atoms with Gasteiger partial charge < -0.3 is 9.64 Å². The predicted molar refractivity (Wildman–Crippen MR) is 113 cm³/mol. The van der Waals surface area contributed by atoms with Gasteiger partial charge in [0.05, 0.1) is 6.61 Å². The minimum atomic E-state index is 0.739. The van der Waals surface area contributed by atoms with Crippen molar-refractivity contribution < 1.29 is 4.74 Å². The van der Waals surface area contributed by atoms with Crippen molar-refractivity contribution in [3.05, 3.63) is 82.0 Å². The molecule has 0 aromatic heterocycles. The molecular weight excluding hydrogens is 354 g/mol. The average molecular weight is 380 g/mol. The Morgan fingerprint density at radius 1 is 1.07 bits per heavy atom. The summed E-state index contributed by atoms with van der Waals surface area (Å²) < 4.78 is 6.01. The van der Waals surface area contributed by atoms with E-state index in [2.05, 4.69) is 54.4 Å². The smallest absolute Gasteiger partial charge is 0.119 e. The molecule has 2 aliphatic rings. The van der Waals surface area contributed by atoms with Gasteiger partial charge in [-0.15, -0.1) is 0 Å². The summed E-state index contributed by atoms with van der Waals surface area (Å²) in [6.45, 7) is 5.17. The molecule has 0 fully saturated rings.